The molecule has 1 fully saturated rings. The summed E-state index contributed by atoms with van der Waals surface area (Å²) < 4.78 is 8.19. The largest absolute Gasteiger partial charge is 0.368 e. The number of aromatic nitrogens is 1. The van der Waals surface area contributed by atoms with Crippen LogP contribution in [0.2, 0.25) is 5.02 Å². The summed E-state index contributed by atoms with van der Waals surface area (Å²) in [6, 6.07) is 24.3. The van der Waals surface area contributed by atoms with Gasteiger partial charge in [-0.3, -0.25) is 19.6 Å². The maximum atomic E-state index is 12.3. The number of piperazine rings is 1. The number of nitrogens with one attached hydrogen (secondary N) is 2. The van der Waals surface area contributed by atoms with E-state index in [1.54, 1.807) is 6.08 Å². The number of nitrogens with zero attached hydrogens (tertiary/aromatic N) is 4. The molecule has 4 aromatic rings. The van der Waals surface area contributed by atoms with Gasteiger partial charge in [0.1, 0.15) is 6.04 Å². The number of hydrogen-bond donors (Lipinski definition) is 3. The molecule has 1 saturated heterocycles. The fraction of sp³-hybridized carbons (Fsp3) is 0.286. The van der Waals surface area contributed by atoms with Gasteiger partial charge in [0.05, 0.1) is 10.6 Å². The lowest BCUT2D eigenvalue weighted by atomic mass is 9.97. The van der Waals surface area contributed by atoms with Crippen molar-refractivity contribution in [1.82, 2.24) is 9.29 Å². The lowest BCUT2D eigenvalue weighted by Gasteiger charge is -2.37. The number of halogens is 1. The zero-order valence-electron chi connectivity index (χ0n) is 26.2. The molecule has 47 heavy (non-hydrogen) atoms. The summed E-state index contributed by atoms with van der Waals surface area (Å²) in [6.07, 6.45) is 4.18. The maximum Gasteiger partial charge on any atom is 0.261 e. The predicted octanol–water partition coefficient (Wildman–Crippen LogP) is 7.65. The Bertz CT molecular complexity index is 1790. The molecule has 0 saturated carbocycles. The summed E-state index contributed by atoms with van der Waals surface area (Å²) in [5.41, 5.74) is 9.01. The molecule has 3 aromatic carbocycles. The Kier molecular flexibility index (Phi) is 10.2. The predicted molar refractivity (Wildman–Crippen MR) is 198 cm³/mol. The highest BCUT2D eigenvalue weighted by Gasteiger charge is 2.31. The van der Waals surface area contributed by atoms with Crippen LogP contribution in [0.1, 0.15) is 28.9 Å². The molecule has 2 heterocycles. The number of aldehydes is 1. The third kappa shape index (κ3) is 7.03. The first-order chi connectivity index (χ1) is 22.8. The van der Waals surface area contributed by atoms with Crippen molar-refractivity contribution in [2.75, 3.05) is 40.7 Å². The second-order valence-electron chi connectivity index (χ2n) is 11.8. The van der Waals surface area contributed by atoms with Crippen molar-refractivity contribution in [3.05, 3.63) is 111 Å². The molecule has 6 rings (SSSR count). The Balaban J connectivity index is 1.11. The number of hydrogen-bond acceptors (Lipinski definition) is 9. The minimum atomic E-state index is -0.328. The molecule has 2 N–H and O–H groups in total. The van der Waals surface area contributed by atoms with Crippen molar-refractivity contribution < 1.29 is 9.72 Å². The van der Waals surface area contributed by atoms with E-state index >= 15 is 0 Å². The average molecular weight is 689 g/mol. The fourth-order valence-corrected chi connectivity index (χ4v) is 7.72. The number of anilines is 3. The summed E-state index contributed by atoms with van der Waals surface area (Å²) in [4.78, 5) is 28.2. The normalized spacial score (nSPS) is 18.2. The third-order valence-corrected chi connectivity index (χ3v) is 10.7. The summed E-state index contributed by atoms with van der Waals surface area (Å²) in [5, 5.41) is 12.1. The first-order valence-corrected chi connectivity index (χ1v) is 17.3. The van der Waals surface area contributed by atoms with Gasteiger partial charge in [-0.2, -0.15) is 0 Å². The molecule has 12 heteroatoms. The van der Waals surface area contributed by atoms with E-state index in [0.29, 0.717) is 17.0 Å². The van der Waals surface area contributed by atoms with E-state index in [0.717, 1.165) is 84.0 Å². The van der Waals surface area contributed by atoms with Gasteiger partial charge in [-0.15, -0.1) is 0 Å². The first kappa shape index (κ1) is 33.0. The highest BCUT2D eigenvalue weighted by Crippen LogP contribution is 2.39. The number of carbonyl (C=O) groups is 1. The Morgan fingerprint density at radius 2 is 1.64 bits per heavy atom. The van der Waals surface area contributed by atoms with Crippen molar-refractivity contribution in [2.24, 2.45) is 7.05 Å². The topological polar surface area (TPSA) is 95.7 Å². The molecule has 0 bridgehead atoms. The molecule has 244 valence electrons. The SMILES string of the molecule is Cc1c(C=O)c(-c2cccc(N3CCN(c4ccc(NSC5C=C([N+](=O)[O-])C(NS)CC5)cc4)CC3)c2)c(-c2ccc(Cl)cc2)n1C. The van der Waals surface area contributed by atoms with E-state index in [2.05, 4.69) is 85.2 Å². The van der Waals surface area contributed by atoms with Gasteiger partial charge in [0.2, 0.25) is 0 Å². The average Bonchev–Trinajstić information content (AvgIpc) is 3.36. The quantitative estimate of drug-likeness (QED) is 0.0515. The Hall–Kier alpha value is -3.90. The summed E-state index contributed by atoms with van der Waals surface area (Å²) in [6.45, 7) is 5.47. The van der Waals surface area contributed by atoms with Gasteiger partial charge >= 0.3 is 0 Å². The minimum absolute atomic E-state index is 0.0135. The zero-order valence-corrected chi connectivity index (χ0v) is 28.7. The van der Waals surface area contributed by atoms with Gasteiger partial charge < -0.3 is 19.1 Å². The molecule has 0 radical (unpaired) electrons. The van der Waals surface area contributed by atoms with Gasteiger partial charge in [-0.1, -0.05) is 48.7 Å². The second-order valence-corrected chi connectivity index (χ2v) is 13.6. The number of rotatable bonds is 10. The van der Waals surface area contributed by atoms with Crippen LogP contribution < -0.4 is 19.2 Å². The second kappa shape index (κ2) is 14.5. The van der Waals surface area contributed by atoms with E-state index < -0.39 is 0 Å². The molecule has 2 unspecified atom stereocenters. The fourth-order valence-electron chi connectivity index (χ4n) is 6.45. The van der Waals surface area contributed by atoms with Gasteiger partial charge in [-0.05, 0) is 91.4 Å². The molecule has 2 aliphatic rings. The first-order valence-electron chi connectivity index (χ1n) is 15.6. The highest BCUT2D eigenvalue weighted by atomic mass is 35.5. The van der Waals surface area contributed by atoms with E-state index in [4.69, 9.17) is 11.6 Å². The van der Waals surface area contributed by atoms with E-state index in [1.807, 2.05) is 38.2 Å². The van der Waals surface area contributed by atoms with Crippen LogP contribution in [0.3, 0.4) is 0 Å². The number of nitro groups is 1. The minimum Gasteiger partial charge on any atom is -0.368 e. The Morgan fingerprint density at radius 3 is 2.28 bits per heavy atom. The molecule has 1 aromatic heterocycles. The molecule has 0 amide bonds. The van der Waals surface area contributed by atoms with Crippen LogP contribution in [-0.4, -0.2) is 53.2 Å². The Morgan fingerprint density at radius 1 is 0.957 bits per heavy atom. The van der Waals surface area contributed by atoms with Crippen LogP contribution in [0.15, 0.2) is 84.6 Å². The van der Waals surface area contributed by atoms with E-state index in [9.17, 15) is 14.9 Å². The molecular formula is C35H37ClN6O3S2. The molecule has 0 spiro atoms. The molecule has 2 atom stereocenters. The smallest absolute Gasteiger partial charge is 0.261 e. The molecule has 1 aliphatic carbocycles. The van der Waals surface area contributed by atoms with Crippen molar-refractivity contribution >= 4 is 59.7 Å². The maximum absolute atomic E-state index is 12.3. The summed E-state index contributed by atoms with van der Waals surface area (Å²) in [7, 11) is 2.00. The molecule has 1 aliphatic heterocycles. The van der Waals surface area contributed by atoms with Crippen molar-refractivity contribution in [2.45, 2.75) is 31.1 Å². The molecular weight excluding hydrogens is 652 g/mol. The van der Waals surface area contributed by atoms with Crippen molar-refractivity contribution in [1.29, 1.82) is 0 Å². The zero-order chi connectivity index (χ0) is 33.1. The summed E-state index contributed by atoms with van der Waals surface area (Å²) >= 11 is 11.7. The van der Waals surface area contributed by atoms with Gasteiger partial charge in [0.25, 0.3) is 5.70 Å². The van der Waals surface area contributed by atoms with Crippen LogP contribution in [0.25, 0.3) is 22.4 Å². The third-order valence-electron chi connectivity index (χ3n) is 9.13. The van der Waals surface area contributed by atoms with Gasteiger partial charge in [0, 0.05) is 83.5 Å². The van der Waals surface area contributed by atoms with Crippen molar-refractivity contribution in [3.63, 3.8) is 0 Å². The van der Waals surface area contributed by atoms with Crippen LogP contribution in [0.4, 0.5) is 17.1 Å². The Labute approximate surface area is 289 Å². The summed E-state index contributed by atoms with van der Waals surface area (Å²) in [5.74, 6) is 0. The van der Waals surface area contributed by atoms with Crippen LogP contribution in [0.5, 0.6) is 0 Å². The van der Waals surface area contributed by atoms with Crippen LogP contribution >= 0.6 is 36.4 Å². The molecule has 9 nitrogen and oxygen atoms in total. The lowest BCUT2D eigenvalue weighted by Crippen LogP contribution is -2.46. The lowest BCUT2D eigenvalue weighted by molar-refractivity contribution is -0.431. The monoisotopic (exact) mass is 688 g/mol. The van der Waals surface area contributed by atoms with E-state index in [1.165, 1.54) is 11.9 Å². The highest BCUT2D eigenvalue weighted by molar-refractivity contribution is 8.01. The number of thiol groups is 1. The van der Waals surface area contributed by atoms with E-state index in [-0.39, 0.29) is 21.9 Å². The van der Waals surface area contributed by atoms with Crippen LogP contribution in [0, 0.1) is 17.0 Å². The van der Waals surface area contributed by atoms with Crippen LogP contribution in [-0.2, 0) is 7.05 Å². The standard InChI is InChI=1S/C35H37ClN6O3S2/c1-23-31(22-43)34(35(39(23)2)24-6-8-26(36)9-7-24)25-4-3-5-29(20-25)41-18-16-40(17-19-41)28-12-10-27(11-13-28)38-47-30-14-15-32(37-46)33(21-30)42(44)45/h3-13,20-22,30,32,37-38,46H,14-19H2,1-2H3. The number of benzene rings is 3. The number of carbonyl (C=O) groups excluding carboxylic acids is 1. The van der Waals surface area contributed by atoms with Gasteiger partial charge in [-0.25, -0.2) is 0 Å². The van der Waals surface area contributed by atoms with Crippen molar-refractivity contribution in [3.8, 4) is 22.4 Å². The van der Waals surface area contributed by atoms with Gasteiger partial charge in [0.15, 0.2) is 6.29 Å².